The highest BCUT2D eigenvalue weighted by Gasteiger charge is 2.27. The van der Waals surface area contributed by atoms with E-state index in [0.29, 0.717) is 12.6 Å². The summed E-state index contributed by atoms with van der Waals surface area (Å²) in [5, 5.41) is 3.20. The van der Waals surface area contributed by atoms with E-state index in [1.54, 1.807) is 0 Å². The van der Waals surface area contributed by atoms with Crippen LogP contribution < -0.4 is 11.1 Å². The summed E-state index contributed by atoms with van der Waals surface area (Å²) in [5.41, 5.74) is 5.60. The van der Waals surface area contributed by atoms with Crippen LogP contribution in [0.3, 0.4) is 0 Å². The fourth-order valence-electron chi connectivity index (χ4n) is 1.73. The van der Waals surface area contributed by atoms with E-state index in [2.05, 4.69) is 37.9 Å². The van der Waals surface area contributed by atoms with Crippen LogP contribution in [0, 0.1) is 5.41 Å². The average Bonchev–Trinajstić information content (AvgIpc) is 2.13. The SMILES string of the molecule is CC(C)NC(CN(C)C(C)C(C)(C)C)C(N)=O. The Labute approximate surface area is 106 Å². The minimum Gasteiger partial charge on any atom is -0.368 e. The summed E-state index contributed by atoms with van der Waals surface area (Å²) in [5.74, 6) is -0.286. The Kier molecular flexibility index (Phi) is 6.13. The van der Waals surface area contributed by atoms with Crippen molar-refractivity contribution in [2.75, 3.05) is 13.6 Å². The van der Waals surface area contributed by atoms with E-state index in [4.69, 9.17) is 5.73 Å². The summed E-state index contributed by atoms with van der Waals surface area (Å²) < 4.78 is 0. The maximum absolute atomic E-state index is 11.4. The third-order valence-corrected chi connectivity index (χ3v) is 3.26. The fraction of sp³-hybridized carbons (Fsp3) is 0.923. The molecular weight excluding hydrogens is 214 g/mol. The number of hydrogen-bond acceptors (Lipinski definition) is 3. The molecule has 0 aromatic heterocycles. The largest absolute Gasteiger partial charge is 0.368 e. The van der Waals surface area contributed by atoms with Crippen LogP contribution in [0.15, 0.2) is 0 Å². The number of nitrogens with zero attached hydrogens (tertiary/aromatic N) is 1. The predicted octanol–water partition coefficient (Wildman–Crippen LogP) is 1.20. The van der Waals surface area contributed by atoms with Crippen LogP contribution in [-0.2, 0) is 4.79 Å². The van der Waals surface area contributed by atoms with Gasteiger partial charge in [0.2, 0.25) is 5.91 Å². The topological polar surface area (TPSA) is 58.4 Å². The molecule has 0 spiro atoms. The van der Waals surface area contributed by atoms with Gasteiger partial charge in [-0.15, -0.1) is 0 Å². The first kappa shape index (κ1) is 16.4. The minimum atomic E-state index is -0.287. The molecule has 0 bridgehead atoms. The van der Waals surface area contributed by atoms with E-state index in [1.807, 2.05) is 20.9 Å². The zero-order chi connectivity index (χ0) is 13.8. The molecular formula is C13H29N3O. The van der Waals surface area contributed by atoms with Gasteiger partial charge in [-0.1, -0.05) is 34.6 Å². The number of rotatable bonds is 6. The maximum Gasteiger partial charge on any atom is 0.235 e. The van der Waals surface area contributed by atoms with Gasteiger partial charge in [0.25, 0.3) is 0 Å². The standard InChI is InChI=1S/C13H29N3O/c1-9(2)15-11(12(14)17)8-16(7)10(3)13(4,5)6/h9-11,15H,8H2,1-7H3,(H2,14,17). The molecule has 4 nitrogen and oxygen atoms in total. The first-order chi connectivity index (χ1) is 7.55. The number of primary amides is 1. The molecule has 0 aliphatic heterocycles. The smallest absolute Gasteiger partial charge is 0.235 e. The summed E-state index contributed by atoms with van der Waals surface area (Å²) in [6.45, 7) is 13.4. The van der Waals surface area contributed by atoms with Gasteiger partial charge in [-0.2, -0.15) is 0 Å². The highest BCUT2D eigenvalue weighted by molar-refractivity contribution is 5.80. The van der Waals surface area contributed by atoms with Crippen molar-refractivity contribution in [1.82, 2.24) is 10.2 Å². The van der Waals surface area contributed by atoms with Crippen molar-refractivity contribution in [3.63, 3.8) is 0 Å². The van der Waals surface area contributed by atoms with E-state index in [-0.39, 0.29) is 23.4 Å². The quantitative estimate of drug-likeness (QED) is 0.737. The van der Waals surface area contributed by atoms with Crippen LogP contribution in [0.2, 0.25) is 0 Å². The van der Waals surface area contributed by atoms with Crippen molar-refractivity contribution in [1.29, 1.82) is 0 Å². The number of carbonyl (C=O) groups is 1. The number of nitrogens with two attached hydrogens (primary N) is 1. The van der Waals surface area contributed by atoms with Crippen molar-refractivity contribution in [2.45, 2.75) is 59.7 Å². The Balaban J connectivity index is 4.50. The number of amides is 1. The van der Waals surface area contributed by atoms with Gasteiger partial charge in [-0.05, 0) is 19.4 Å². The van der Waals surface area contributed by atoms with E-state index in [1.165, 1.54) is 0 Å². The van der Waals surface area contributed by atoms with Gasteiger partial charge in [0.05, 0.1) is 6.04 Å². The molecule has 0 aliphatic rings. The molecule has 0 rings (SSSR count). The molecule has 4 heteroatoms. The molecule has 2 unspecified atom stereocenters. The third-order valence-electron chi connectivity index (χ3n) is 3.26. The summed E-state index contributed by atoms with van der Waals surface area (Å²) in [6, 6.07) is 0.356. The molecule has 17 heavy (non-hydrogen) atoms. The molecule has 3 N–H and O–H groups in total. The van der Waals surface area contributed by atoms with Gasteiger partial charge in [0, 0.05) is 18.6 Å². The van der Waals surface area contributed by atoms with Gasteiger partial charge >= 0.3 is 0 Å². The van der Waals surface area contributed by atoms with Crippen molar-refractivity contribution < 1.29 is 4.79 Å². The van der Waals surface area contributed by atoms with Crippen LogP contribution in [0.5, 0.6) is 0 Å². The Morgan fingerprint density at radius 1 is 1.29 bits per heavy atom. The van der Waals surface area contributed by atoms with Crippen LogP contribution in [-0.4, -0.2) is 42.5 Å². The molecule has 0 saturated carbocycles. The van der Waals surface area contributed by atoms with Crippen molar-refractivity contribution in [3.8, 4) is 0 Å². The first-order valence-corrected chi connectivity index (χ1v) is 6.31. The molecule has 0 aromatic carbocycles. The van der Waals surface area contributed by atoms with Crippen LogP contribution >= 0.6 is 0 Å². The lowest BCUT2D eigenvalue weighted by atomic mass is 9.87. The molecule has 2 atom stereocenters. The Morgan fingerprint density at radius 3 is 2.06 bits per heavy atom. The highest BCUT2D eigenvalue weighted by Crippen LogP contribution is 2.22. The normalized spacial score (nSPS) is 16.3. The van der Waals surface area contributed by atoms with Gasteiger partial charge < -0.3 is 16.0 Å². The van der Waals surface area contributed by atoms with Gasteiger partial charge in [0.1, 0.15) is 0 Å². The van der Waals surface area contributed by atoms with Crippen molar-refractivity contribution in [2.24, 2.45) is 11.1 Å². The second-order valence-corrected chi connectivity index (χ2v) is 6.26. The summed E-state index contributed by atoms with van der Waals surface area (Å²) in [7, 11) is 2.04. The van der Waals surface area contributed by atoms with Crippen molar-refractivity contribution >= 4 is 5.91 Å². The zero-order valence-electron chi connectivity index (χ0n) is 12.4. The molecule has 0 radical (unpaired) electrons. The Hall–Kier alpha value is -0.610. The van der Waals surface area contributed by atoms with E-state index in [9.17, 15) is 4.79 Å². The Morgan fingerprint density at radius 2 is 1.76 bits per heavy atom. The van der Waals surface area contributed by atoms with Crippen LogP contribution in [0.1, 0.15) is 41.5 Å². The number of nitrogens with one attached hydrogen (secondary N) is 1. The lowest BCUT2D eigenvalue weighted by Crippen LogP contribution is -2.53. The first-order valence-electron chi connectivity index (χ1n) is 6.31. The monoisotopic (exact) mass is 243 g/mol. The molecule has 102 valence electrons. The Bertz CT molecular complexity index is 246. The molecule has 0 aromatic rings. The summed E-state index contributed by atoms with van der Waals surface area (Å²) in [6.07, 6.45) is 0. The van der Waals surface area contributed by atoms with Gasteiger partial charge in [-0.25, -0.2) is 0 Å². The van der Waals surface area contributed by atoms with Crippen molar-refractivity contribution in [3.05, 3.63) is 0 Å². The number of hydrogen-bond donors (Lipinski definition) is 2. The van der Waals surface area contributed by atoms with E-state index >= 15 is 0 Å². The number of carbonyl (C=O) groups excluding carboxylic acids is 1. The van der Waals surface area contributed by atoms with E-state index < -0.39 is 0 Å². The lowest BCUT2D eigenvalue weighted by molar-refractivity contribution is -0.120. The molecule has 0 saturated heterocycles. The van der Waals surface area contributed by atoms with Crippen LogP contribution in [0.25, 0.3) is 0 Å². The van der Waals surface area contributed by atoms with Crippen LogP contribution in [0.4, 0.5) is 0 Å². The fourth-order valence-corrected chi connectivity index (χ4v) is 1.73. The number of likely N-dealkylation sites (N-methyl/N-ethyl adjacent to an activating group) is 1. The maximum atomic E-state index is 11.4. The molecule has 1 amide bonds. The average molecular weight is 243 g/mol. The summed E-state index contributed by atoms with van der Waals surface area (Å²) in [4.78, 5) is 13.6. The zero-order valence-corrected chi connectivity index (χ0v) is 12.4. The van der Waals surface area contributed by atoms with E-state index in [0.717, 1.165) is 0 Å². The summed E-state index contributed by atoms with van der Waals surface area (Å²) >= 11 is 0. The molecule has 0 aliphatic carbocycles. The lowest BCUT2D eigenvalue weighted by Gasteiger charge is -2.37. The molecule has 0 heterocycles. The van der Waals surface area contributed by atoms with Gasteiger partial charge in [0.15, 0.2) is 0 Å². The second-order valence-electron chi connectivity index (χ2n) is 6.26. The minimum absolute atomic E-state index is 0.189. The molecule has 0 fully saturated rings. The van der Waals surface area contributed by atoms with Gasteiger partial charge in [-0.3, -0.25) is 4.79 Å². The third kappa shape index (κ3) is 6.03. The second kappa shape index (κ2) is 6.36. The predicted molar refractivity (Wildman–Crippen MR) is 72.8 cm³/mol. The highest BCUT2D eigenvalue weighted by atomic mass is 16.1.